The van der Waals surface area contributed by atoms with Gasteiger partial charge < -0.3 is 15.2 Å². The van der Waals surface area contributed by atoms with Gasteiger partial charge in [-0.05, 0) is 50.4 Å². The Morgan fingerprint density at radius 2 is 1.95 bits per heavy atom. The highest BCUT2D eigenvalue weighted by Gasteiger charge is 2.34. The Labute approximate surface area is 125 Å². The Hall–Kier alpha value is -1.52. The highest BCUT2D eigenvalue weighted by Crippen LogP contribution is 2.31. The zero-order valence-electron chi connectivity index (χ0n) is 12.4. The zero-order chi connectivity index (χ0) is 15.2. The minimum Gasteiger partial charge on any atom is -0.480 e. The average Bonchev–Trinajstić information content (AvgIpc) is 3.08. The third-order valence-corrected chi connectivity index (χ3v) is 4.73. The number of hydrogen-bond acceptors (Lipinski definition) is 3. The van der Waals surface area contributed by atoms with Crippen molar-refractivity contribution >= 4 is 12.1 Å². The van der Waals surface area contributed by atoms with Crippen molar-refractivity contribution in [1.29, 1.82) is 0 Å². The predicted molar refractivity (Wildman–Crippen MR) is 78.9 cm³/mol. The third kappa shape index (κ3) is 4.22. The standard InChI is InChI=1S/C16H25NO4/c1-2-6-11-9-5-10-13(11)21-16(20)17-14(15(18)19)12-7-3-4-8-12/h2,11-14H,1,3-10H2,(H,17,20)(H,18,19)/t11?,13-,14+/m1/s1. The number of alkyl carbamates (subject to hydrolysis) is 1. The molecular formula is C16H25NO4. The molecule has 0 spiro atoms. The summed E-state index contributed by atoms with van der Waals surface area (Å²) in [6.07, 6.45) is 8.72. The fraction of sp³-hybridized carbons (Fsp3) is 0.750. The molecule has 2 fully saturated rings. The third-order valence-electron chi connectivity index (χ3n) is 4.73. The van der Waals surface area contributed by atoms with E-state index in [1.165, 1.54) is 0 Å². The Balaban J connectivity index is 1.87. The lowest BCUT2D eigenvalue weighted by molar-refractivity contribution is -0.140. The monoisotopic (exact) mass is 295 g/mol. The maximum absolute atomic E-state index is 12.0. The topological polar surface area (TPSA) is 75.6 Å². The second-order valence-corrected chi connectivity index (χ2v) is 6.16. The molecule has 0 aromatic rings. The van der Waals surface area contributed by atoms with Crippen LogP contribution in [-0.2, 0) is 9.53 Å². The molecule has 0 aliphatic heterocycles. The number of nitrogens with one attached hydrogen (secondary N) is 1. The molecule has 0 radical (unpaired) electrons. The molecule has 2 aliphatic carbocycles. The van der Waals surface area contributed by atoms with Gasteiger partial charge in [0, 0.05) is 0 Å². The maximum Gasteiger partial charge on any atom is 0.408 e. The van der Waals surface area contributed by atoms with Gasteiger partial charge in [-0.15, -0.1) is 6.58 Å². The summed E-state index contributed by atoms with van der Waals surface area (Å²) in [5.41, 5.74) is 0. The summed E-state index contributed by atoms with van der Waals surface area (Å²) in [6.45, 7) is 3.73. The molecule has 5 nitrogen and oxygen atoms in total. The van der Waals surface area contributed by atoms with E-state index in [0.29, 0.717) is 5.92 Å². The van der Waals surface area contributed by atoms with E-state index >= 15 is 0 Å². The van der Waals surface area contributed by atoms with Crippen molar-refractivity contribution in [3.05, 3.63) is 12.7 Å². The molecule has 118 valence electrons. The second-order valence-electron chi connectivity index (χ2n) is 6.16. The molecule has 1 amide bonds. The van der Waals surface area contributed by atoms with Crippen molar-refractivity contribution in [3.63, 3.8) is 0 Å². The number of carbonyl (C=O) groups excluding carboxylic acids is 1. The summed E-state index contributed by atoms with van der Waals surface area (Å²) in [5, 5.41) is 11.9. The van der Waals surface area contributed by atoms with Crippen molar-refractivity contribution in [2.24, 2.45) is 11.8 Å². The number of amides is 1. The van der Waals surface area contributed by atoms with Gasteiger partial charge in [0.25, 0.3) is 0 Å². The van der Waals surface area contributed by atoms with Crippen LogP contribution in [0, 0.1) is 11.8 Å². The average molecular weight is 295 g/mol. The Kier molecular flexibility index (Phi) is 5.65. The van der Waals surface area contributed by atoms with Gasteiger partial charge in [-0.25, -0.2) is 9.59 Å². The van der Waals surface area contributed by atoms with Crippen LogP contribution in [0.1, 0.15) is 51.4 Å². The van der Waals surface area contributed by atoms with Crippen LogP contribution < -0.4 is 5.32 Å². The van der Waals surface area contributed by atoms with E-state index in [0.717, 1.165) is 51.4 Å². The van der Waals surface area contributed by atoms with E-state index in [-0.39, 0.29) is 12.0 Å². The number of rotatable bonds is 6. The minimum atomic E-state index is -0.965. The van der Waals surface area contributed by atoms with Gasteiger partial charge in [-0.3, -0.25) is 0 Å². The molecular weight excluding hydrogens is 270 g/mol. The fourth-order valence-corrected chi connectivity index (χ4v) is 3.61. The maximum atomic E-state index is 12.0. The van der Waals surface area contributed by atoms with Crippen molar-refractivity contribution in [2.75, 3.05) is 0 Å². The van der Waals surface area contributed by atoms with Crippen molar-refractivity contribution in [3.8, 4) is 0 Å². The largest absolute Gasteiger partial charge is 0.480 e. The molecule has 0 aromatic carbocycles. The Morgan fingerprint density at radius 1 is 1.24 bits per heavy atom. The molecule has 2 N–H and O–H groups in total. The van der Waals surface area contributed by atoms with Gasteiger partial charge in [0.1, 0.15) is 12.1 Å². The second kappa shape index (κ2) is 7.48. The van der Waals surface area contributed by atoms with Gasteiger partial charge >= 0.3 is 12.1 Å². The first-order valence-corrected chi connectivity index (χ1v) is 7.92. The first-order chi connectivity index (χ1) is 10.1. The summed E-state index contributed by atoms with van der Waals surface area (Å²) in [6, 6.07) is -0.820. The molecule has 0 aromatic heterocycles. The molecule has 1 unspecified atom stereocenters. The van der Waals surface area contributed by atoms with Crippen LogP contribution in [0.2, 0.25) is 0 Å². The van der Waals surface area contributed by atoms with E-state index in [4.69, 9.17) is 4.74 Å². The summed E-state index contributed by atoms with van der Waals surface area (Å²) in [7, 11) is 0. The van der Waals surface area contributed by atoms with Crippen LogP contribution in [0.4, 0.5) is 4.79 Å². The highest BCUT2D eigenvalue weighted by atomic mass is 16.6. The minimum absolute atomic E-state index is 0.0302. The molecule has 0 saturated heterocycles. The van der Waals surface area contributed by atoms with Gasteiger partial charge in [0.2, 0.25) is 0 Å². The van der Waals surface area contributed by atoms with E-state index in [1.807, 2.05) is 6.08 Å². The van der Waals surface area contributed by atoms with Crippen molar-refractivity contribution in [1.82, 2.24) is 5.32 Å². The SMILES string of the molecule is C=CCC1CCC[C@H]1OC(=O)N[C@H](C(=O)O)C1CCCC1. The molecule has 21 heavy (non-hydrogen) atoms. The Morgan fingerprint density at radius 3 is 2.57 bits per heavy atom. The van der Waals surface area contributed by atoms with Gasteiger partial charge in [-0.1, -0.05) is 18.9 Å². The van der Waals surface area contributed by atoms with Crippen LogP contribution >= 0.6 is 0 Å². The predicted octanol–water partition coefficient (Wildman–Crippen LogP) is 3.10. The smallest absolute Gasteiger partial charge is 0.408 e. The van der Waals surface area contributed by atoms with Gasteiger partial charge in [0.15, 0.2) is 0 Å². The lowest BCUT2D eigenvalue weighted by atomic mass is 9.98. The molecule has 5 heteroatoms. The van der Waals surface area contributed by atoms with Gasteiger partial charge in [0.05, 0.1) is 0 Å². The first kappa shape index (κ1) is 15.9. The highest BCUT2D eigenvalue weighted by molar-refractivity contribution is 5.80. The van der Waals surface area contributed by atoms with Crippen LogP contribution in [0.15, 0.2) is 12.7 Å². The fourth-order valence-electron chi connectivity index (χ4n) is 3.61. The number of allylic oxidation sites excluding steroid dienone is 1. The van der Waals surface area contributed by atoms with E-state index in [9.17, 15) is 14.7 Å². The van der Waals surface area contributed by atoms with Crippen molar-refractivity contribution < 1.29 is 19.4 Å². The lowest BCUT2D eigenvalue weighted by Crippen LogP contribution is -2.46. The summed E-state index contributed by atoms with van der Waals surface area (Å²) >= 11 is 0. The molecule has 2 aliphatic rings. The summed E-state index contributed by atoms with van der Waals surface area (Å²) in [5.74, 6) is -0.612. The normalized spacial score (nSPS) is 27.2. The van der Waals surface area contributed by atoms with Crippen LogP contribution in [0.3, 0.4) is 0 Å². The molecule has 0 bridgehead atoms. The first-order valence-electron chi connectivity index (χ1n) is 7.92. The molecule has 2 rings (SSSR count). The number of ether oxygens (including phenoxy) is 1. The van der Waals surface area contributed by atoms with Crippen molar-refractivity contribution in [2.45, 2.75) is 63.5 Å². The number of carbonyl (C=O) groups is 2. The van der Waals surface area contributed by atoms with E-state index in [1.54, 1.807) is 0 Å². The molecule has 3 atom stereocenters. The number of carboxylic acids is 1. The summed E-state index contributed by atoms with van der Waals surface area (Å²) < 4.78 is 5.46. The van der Waals surface area contributed by atoms with E-state index < -0.39 is 18.1 Å². The van der Waals surface area contributed by atoms with Crippen LogP contribution in [0.5, 0.6) is 0 Å². The lowest BCUT2D eigenvalue weighted by Gasteiger charge is -2.23. The summed E-state index contributed by atoms with van der Waals surface area (Å²) in [4.78, 5) is 23.3. The quantitative estimate of drug-likeness (QED) is 0.738. The van der Waals surface area contributed by atoms with Crippen LogP contribution in [0.25, 0.3) is 0 Å². The number of hydrogen-bond donors (Lipinski definition) is 2. The van der Waals surface area contributed by atoms with Gasteiger partial charge in [-0.2, -0.15) is 0 Å². The molecule has 2 saturated carbocycles. The number of aliphatic carboxylic acids is 1. The zero-order valence-corrected chi connectivity index (χ0v) is 12.4. The molecule has 0 heterocycles. The van der Waals surface area contributed by atoms with Crippen LogP contribution in [-0.4, -0.2) is 29.3 Å². The number of carboxylic acid groups (broad SMARTS) is 1. The van der Waals surface area contributed by atoms with E-state index in [2.05, 4.69) is 11.9 Å². The Bertz CT molecular complexity index is 390.